The monoisotopic (exact) mass is 265 g/mol. The van der Waals surface area contributed by atoms with Crippen LogP contribution in [0.3, 0.4) is 0 Å². The van der Waals surface area contributed by atoms with Crippen molar-refractivity contribution in [2.45, 2.75) is 63.6 Å². The van der Waals surface area contributed by atoms with Crippen LogP contribution in [0, 0.1) is 5.92 Å². The summed E-state index contributed by atoms with van der Waals surface area (Å²) in [4.78, 5) is 5.23. The molecule has 3 nitrogen and oxygen atoms in total. The lowest BCUT2D eigenvalue weighted by Gasteiger charge is -2.38. The summed E-state index contributed by atoms with van der Waals surface area (Å²) >= 11 is 0. The van der Waals surface area contributed by atoms with Crippen LogP contribution in [0.4, 0.5) is 0 Å². The zero-order valence-corrected chi connectivity index (χ0v) is 12.8. The summed E-state index contributed by atoms with van der Waals surface area (Å²) in [7, 11) is 2.34. The van der Waals surface area contributed by atoms with E-state index in [1.807, 2.05) is 0 Å². The number of nitrogens with one attached hydrogen (secondary N) is 1. The lowest BCUT2D eigenvalue weighted by atomic mass is 9.90. The van der Waals surface area contributed by atoms with Gasteiger partial charge < -0.3 is 15.1 Å². The van der Waals surface area contributed by atoms with Gasteiger partial charge in [-0.1, -0.05) is 6.92 Å². The van der Waals surface area contributed by atoms with Crippen molar-refractivity contribution in [1.82, 2.24) is 15.1 Å². The van der Waals surface area contributed by atoms with Crippen LogP contribution in [-0.4, -0.2) is 61.2 Å². The minimum absolute atomic E-state index is 0.792. The summed E-state index contributed by atoms with van der Waals surface area (Å²) in [6.07, 6.45) is 8.49. The summed E-state index contributed by atoms with van der Waals surface area (Å²) in [6, 6.07) is 2.58. The summed E-state index contributed by atoms with van der Waals surface area (Å²) in [5, 5.41) is 3.87. The van der Waals surface area contributed by atoms with Crippen molar-refractivity contribution >= 4 is 0 Å². The van der Waals surface area contributed by atoms with Crippen molar-refractivity contribution in [3.63, 3.8) is 0 Å². The second kappa shape index (κ2) is 6.11. The summed E-state index contributed by atoms with van der Waals surface area (Å²) in [5.74, 6) is 0.943. The highest BCUT2D eigenvalue weighted by molar-refractivity contribution is 4.94. The van der Waals surface area contributed by atoms with Crippen LogP contribution in [0.2, 0.25) is 0 Å². The molecule has 3 rings (SSSR count). The SMILES string of the molecule is CCN1CCC(NCC2CC3CCC(C2)N3C)CC1. The fourth-order valence-corrected chi connectivity index (χ4v) is 4.48. The smallest absolute Gasteiger partial charge is 0.00988 e. The van der Waals surface area contributed by atoms with E-state index in [0.29, 0.717) is 0 Å². The molecule has 3 aliphatic heterocycles. The van der Waals surface area contributed by atoms with Gasteiger partial charge in [0, 0.05) is 18.1 Å². The number of fused-ring (bicyclic) bond motifs is 2. The predicted octanol–water partition coefficient (Wildman–Crippen LogP) is 1.93. The van der Waals surface area contributed by atoms with E-state index in [4.69, 9.17) is 0 Å². The number of hydrogen-bond acceptors (Lipinski definition) is 3. The normalized spacial score (nSPS) is 37.9. The van der Waals surface area contributed by atoms with Crippen LogP contribution >= 0.6 is 0 Å². The Morgan fingerprint density at radius 2 is 1.63 bits per heavy atom. The van der Waals surface area contributed by atoms with E-state index >= 15 is 0 Å². The molecule has 3 fully saturated rings. The number of hydrogen-bond donors (Lipinski definition) is 1. The largest absolute Gasteiger partial charge is 0.314 e. The van der Waals surface area contributed by atoms with Gasteiger partial charge in [-0.3, -0.25) is 0 Å². The van der Waals surface area contributed by atoms with Gasteiger partial charge in [-0.15, -0.1) is 0 Å². The Morgan fingerprint density at radius 3 is 2.21 bits per heavy atom. The Bertz CT molecular complexity index is 272. The van der Waals surface area contributed by atoms with Gasteiger partial charge in [0.05, 0.1) is 0 Å². The van der Waals surface area contributed by atoms with Gasteiger partial charge in [-0.05, 0) is 77.7 Å². The minimum atomic E-state index is 0.792. The first-order chi connectivity index (χ1) is 9.26. The molecule has 0 aromatic rings. The molecule has 0 aromatic heterocycles. The number of nitrogens with zero attached hydrogens (tertiary/aromatic N) is 2. The highest BCUT2D eigenvalue weighted by Crippen LogP contribution is 2.37. The third-order valence-electron chi connectivity index (χ3n) is 5.93. The molecule has 0 aromatic carbocycles. The van der Waals surface area contributed by atoms with E-state index in [2.05, 4.69) is 29.1 Å². The van der Waals surface area contributed by atoms with Crippen molar-refractivity contribution in [1.29, 1.82) is 0 Å². The van der Waals surface area contributed by atoms with E-state index in [-0.39, 0.29) is 0 Å². The molecule has 2 unspecified atom stereocenters. The molecular weight excluding hydrogens is 234 g/mol. The maximum absolute atomic E-state index is 3.87. The van der Waals surface area contributed by atoms with Gasteiger partial charge in [-0.25, -0.2) is 0 Å². The molecule has 0 saturated carbocycles. The van der Waals surface area contributed by atoms with Crippen molar-refractivity contribution < 1.29 is 0 Å². The third-order valence-corrected chi connectivity index (χ3v) is 5.93. The summed E-state index contributed by atoms with van der Waals surface area (Å²) in [5.41, 5.74) is 0. The van der Waals surface area contributed by atoms with Gasteiger partial charge in [0.15, 0.2) is 0 Å². The number of rotatable bonds is 4. The standard InChI is InChI=1S/C16H31N3/c1-3-19-8-6-14(7-9-19)17-12-13-10-15-4-5-16(11-13)18(15)2/h13-17H,3-12H2,1-2H3. The van der Waals surface area contributed by atoms with Crippen molar-refractivity contribution in [2.75, 3.05) is 33.2 Å². The first-order valence-corrected chi connectivity index (χ1v) is 8.44. The Labute approximate surface area is 118 Å². The molecule has 2 atom stereocenters. The Hall–Kier alpha value is -0.120. The van der Waals surface area contributed by atoms with Gasteiger partial charge in [0.25, 0.3) is 0 Å². The van der Waals surface area contributed by atoms with Crippen LogP contribution in [0.5, 0.6) is 0 Å². The predicted molar refractivity (Wildman–Crippen MR) is 80.4 cm³/mol. The molecule has 0 aliphatic carbocycles. The maximum atomic E-state index is 3.87. The Morgan fingerprint density at radius 1 is 1.00 bits per heavy atom. The van der Waals surface area contributed by atoms with Crippen LogP contribution in [-0.2, 0) is 0 Å². The van der Waals surface area contributed by atoms with Gasteiger partial charge in [0.1, 0.15) is 0 Å². The molecule has 3 saturated heterocycles. The highest BCUT2D eigenvalue weighted by Gasteiger charge is 2.38. The number of likely N-dealkylation sites (tertiary alicyclic amines) is 1. The molecule has 3 heterocycles. The van der Waals surface area contributed by atoms with Crippen molar-refractivity contribution in [3.05, 3.63) is 0 Å². The van der Waals surface area contributed by atoms with Gasteiger partial charge >= 0.3 is 0 Å². The average Bonchev–Trinajstić information content (AvgIpc) is 2.68. The van der Waals surface area contributed by atoms with E-state index in [1.54, 1.807) is 0 Å². The molecule has 3 heteroatoms. The van der Waals surface area contributed by atoms with Crippen LogP contribution in [0.25, 0.3) is 0 Å². The molecule has 3 aliphatic rings. The highest BCUT2D eigenvalue weighted by atomic mass is 15.2. The molecule has 0 amide bonds. The van der Waals surface area contributed by atoms with E-state index in [1.165, 1.54) is 64.7 Å². The van der Waals surface area contributed by atoms with E-state index in [0.717, 1.165) is 24.0 Å². The topological polar surface area (TPSA) is 18.5 Å². The van der Waals surface area contributed by atoms with Gasteiger partial charge in [0.2, 0.25) is 0 Å². The fraction of sp³-hybridized carbons (Fsp3) is 1.00. The molecular formula is C16H31N3. The minimum Gasteiger partial charge on any atom is -0.314 e. The first-order valence-electron chi connectivity index (χ1n) is 8.44. The molecule has 2 bridgehead atoms. The molecule has 19 heavy (non-hydrogen) atoms. The summed E-state index contributed by atoms with van der Waals surface area (Å²) in [6.45, 7) is 7.38. The third kappa shape index (κ3) is 3.14. The van der Waals surface area contributed by atoms with E-state index < -0.39 is 0 Å². The van der Waals surface area contributed by atoms with Crippen LogP contribution in [0.1, 0.15) is 45.4 Å². The fourth-order valence-electron chi connectivity index (χ4n) is 4.48. The van der Waals surface area contributed by atoms with Crippen molar-refractivity contribution in [3.8, 4) is 0 Å². The average molecular weight is 265 g/mol. The zero-order chi connectivity index (χ0) is 13.2. The molecule has 1 N–H and O–H groups in total. The zero-order valence-electron chi connectivity index (χ0n) is 12.8. The second-order valence-electron chi connectivity index (χ2n) is 7.00. The summed E-state index contributed by atoms with van der Waals surface area (Å²) < 4.78 is 0. The van der Waals surface area contributed by atoms with Gasteiger partial charge in [-0.2, -0.15) is 0 Å². The van der Waals surface area contributed by atoms with Crippen LogP contribution < -0.4 is 5.32 Å². The second-order valence-corrected chi connectivity index (χ2v) is 7.00. The Kier molecular flexibility index (Phi) is 4.45. The molecule has 0 spiro atoms. The maximum Gasteiger partial charge on any atom is 0.00988 e. The van der Waals surface area contributed by atoms with Crippen LogP contribution in [0.15, 0.2) is 0 Å². The first kappa shape index (κ1) is 13.8. The van der Waals surface area contributed by atoms with E-state index in [9.17, 15) is 0 Å². The Balaban J connectivity index is 1.39. The quantitative estimate of drug-likeness (QED) is 0.838. The molecule has 110 valence electrons. The lowest BCUT2D eigenvalue weighted by molar-refractivity contribution is 0.127. The lowest BCUT2D eigenvalue weighted by Crippen LogP contribution is -2.46. The molecule has 0 radical (unpaired) electrons. The number of piperidine rings is 2. The van der Waals surface area contributed by atoms with Crippen molar-refractivity contribution in [2.24, 2.45) is 5.92 Å².